The molecule has 0 unspecified atom stereocenters. The Balaban J connectivity index is 2.25. The zero-order valence-electron chi connectivity index (χ0n) is 13.0. The van der Waals surface area contributed by atoms with Crippen LogP contribution in [0.15, 0.2) is 35.9 Å². The average molecular weight is 282 g/mol. The molecule has 0 aliphatic heterocycles. The Morgan fingerprint density at radius 1 is 0.952 bits per heavy atom. The highest BCUT2D eigenvalue weighted by Gasteiger charge is 2.23. The molecular weight excluding hydrogens is 260 g/mol. The predicted molar refractivity (Wildman–Crippen MR) is 87.5 cm³/mol. The minimum atomic E-state index is 0.940. The van der Waals surface area contributed by atoms with Gasteiger partial charge in [-0.25, -0.2) is 0 Å². The SMILES string of the molecule is CCCC1=CCc2c(c(OC)c3ccccc3c2OC)C1. The summed E-state index contributed by atoms with van der Waals surface area (Å²) in [7, 11) is 3.53. The number of allylic oxidation sites excluding steroid dienone is 2. The molecule has 0 saturated heterocycles. The van der Waals surface area contributed by atoms with Crippen LogP contribution in [0, 0.1) is 0 Å². The van der Waals surface area contributed by atoms with Crippen LogP contribution in [0.25, 0.3) is 10.8 Å². The van der Waals surface area contributed by atoms with E-state index < -0.39 is 0 Å². The minimum Gasteiger partial charge on any atom is -0.496 e. The average Bonchev–Trinajstić information content (AvgIpc) is 2.52. The maximum atomic E-state index is 5.77. The molecule has 0 atom stereocenters. The molecular formula is C19H22O2. The summed E-state index contributed by atoms with van der Waals surface area (Å²) in [5, 5.41) is 2.29. The highest BCUT2D eigenvalue weighted by atomic mass is 16.5. The van der Waals surface area contributed by atoms with Crippen LogP contribution in [0.2, 0.25) is 0 Å². The summed E-state index contributed by atoms with van der Waals surface area (Å²) in [6.45, 7) is 2.23. The van der Waals surface area contributed by atoms with E-state index >= 15 is 0 Å². The van der Waals surface area contributed by atoms with Crippen molar-refractivity contribution in [1.82, 2.24) is 0 Å². The summed E-state index contributed by atoms with van der Waals surface area (Å²) in [5.41, 5.74) is 4.10. The molecule has 0 heterocycles. The molecule has 0 N–H and O–H groups in total. The summed E-state index contributed by atoms with van der Waals surface area (Å²) in [5.74, 6) is 2.02. The lowest BCUT2D eigenvalue weighted by Gasteiger charge is -2.24. The number of rotatable bonds is 4. The van der Waals surface area contributed by atoms with E-state index in [9.17, 15) is 0 Å². The number of methoxy groups -OCH3 is 2. The first kappa shape index (κ1) is 14.0. The standard InChI is InChI=1S/C19H22O2/c1-4-7-13-10-11-16-17(12-13)19(21-3)15-9-6-5-8-14(15)18(16)20-2/h5-6,8-10H,4,7,11-12H2,1-3H3. The van der Waals surface area contributed by atoms with E-state index in [4.69, 9.17) is 9.47 Å². The van der Waals surface area contributed by atoms with Crippen molar-refractivity contribution in [2.75, 3.05) is 14.2 Å². The maximum absolute atomic E-state index is 5.77. The van der Waals surface area contributed by atoms with E-state index in [0.29, 0.717) is 0 Å². The molecule has 0 amide bonds. The smallest absolute Gasteiger partial charge is 0.130 e. The molecule has 2 heteroatoms. The van der Waals surface area contributed by atoms with Crippen molar-refractivity contribution < 1.29 is 9.47 Å². The van der Waals surface area contributed by atoms with Crippen molar-refractivity contribution in [3.05, 3.63) is 47.0 Å². The fraction of sp³-hybridized carbons (Fsp3) is 0.368. The van der Waals surface area contributed by atoms with Gasteiger partial charge in [-0.3, -0.25) is 0 Å². The number of hydrogen-bond donors (Lipinski definition) is 0. The molecule has 21 heavy (non-hydrogen) atoms. The van der Waals surface area contributed by atoms with E-state index in [2.05, 4.69) is 37.3 Å². The number of fused-ring (bicyclic) bond motifs is 2. The molecule has 110 valence electrons. The van der Waals surface area contributed by atoms with E-state index in [1.54, 1.807) is 14.2 Å². The van der Waals surface area contributed by atoms with Crippen LogP contribution in [-0.2, 0) is 12.8 Å². The normalized spacial score (nSPS) is 13.8. The Morgan fingerprint density at radius 2 is 1.57 bits per heavy atom. The summed E-state index contributed by atoms with van der Waals surface area (Å²) >= 11 is 0. The van der Waals surface area contributed by atoms with E-state index in [1.807, 2.05) is 0 Å². The molecule has 0 spiro atoms. The summed E-state index contributed by atoms with van der Waals surface area (Å²) in [6.07, 6.45) is 6.64. The van der Waals surface area contributed by atoms with Gasteiger partial charge in [-0.2, -0.15) is 0 Å². The maximum Gasteiger partial charge on any atom is 0.130 e. The topological polar surface area (TPSA) is 18.5 Å². The predicted octanol–water partition coefficient (Wildman–Crippen LogP) is 4.68. The summed E-state index contributed by atoms with van der Waals surface area (Å²) in [4.78, 5) is 0. The van der Waals surface area contributed by atoms with E-state index in [0.717, 1.165) is 41.5 Å². The lowest BCUT2D eigenvalue weighted by molar-refractivity contribution is 0.402. The minimum absolute atomic E-state index is 0.940. The van der Waals surface area contributed by atoms with Gasteiger partial charge in [0, 0.05) is 21.9 Å². The largest absolute Gasteiger partial charge is 0.496 e. The first-order valence-corrected chi connectivity index (χ1v) is 7.62. The second kappa shape index (κ2) is 5.80. The molecule has 2 nitrogen and oxygen atoms in total. The molecule has 0 fully saturated rings. The Kier molecular flexibility index (Phi) is 3.87. The van der Waals surface area contributed by atoms with Crippen LogP contribution in [0.1, 0.15) is 30.9 Å². The van der Waals surface area contributed by atoms with Crippen LogP contribution in [0.3, 0.4) is 0 Å². The van der Waals surface area contributed by atoms with Gasteiger partial charge in [0.05, 0.1) is 14.2 Å². The second-order valence-corrected chi connectivity index (χ2v) is 5.56. The summed E-state index contributed by atoms with van der Waals surface area (Å²) in [6, 6.07) is 8.34. The fourth-order valence-corrected chi connectivity index (χ4v) is 3.40. The van der Waals surface area contributed by atoms with Crippen molar-refractivity contribution in [2.24, 2.45) is 0 Å². The highest BCUT2D eigenvalue weighted by Crippen LogP contribution is 2.44. The van der Waals surface area contributed by atoms with Gasteiger partial charge in [-0.05, 0) is 19.3 Å². The summed E-state index contributed by atoms with van der Waals surface area (Å²) < 4.78 is 11.5. The number of hydrogen-bond acceptors (Lipinski definition) is 2. The van der Waals surface area contributed by atoms with Crippen LogP contribution in [0.5, 0.6) is 11.5 Å². The first-order valence-electron chi connectivity index (χ1n) is 7.62. The van der Waals surface area contributed by atoms with Gasteiger partial charge >= 0.3 is 0 Å². The molecule has 0 aromatic heterocycles. The van der Waals surface area contributed by atoms with E-state index in [1.165, 1.54) is 23.1 Å². The van der Waals surface area contributed by atoms with Gasteiger partial charge in [0.2, 0.25) is 0 Å². The van der Waals surface area contributed by atoms with Gasteiger partial charge in [0.1, 0.15) is 11.5 Å². The molecule has 1 aliphatic carbocycles. The number of benzene rings is 2. The zero-order valence-corrected chi connectivity index (χ0v) is 13.0. The van der Waals surface area contributed by atoms with Crippen LogP contribution in [0.4, 0.5) is 0 Å². The monoisotopic (exact) mass is 282 g/mol. The third-order valence-electron chi connectivity index (χ3n) is 4.31. The van der Waals surface area contributed by atoms with Crippen molar-refractivity contribution in [1.29, 1.82) is 0 Å². The Bertz CT molecular complexity index is 698. The molecule has 0 radical (unpaired) electrons. The third kappa shape index (κ3) is 2.29. The van der Waals surface area contributed by atoms with E-state index in [-0.39, 0.29) is 0 Å². The van der Waals surface area contributed by atoms with Gasteiger partial charge < -0.3 is 9.47 Å². The van der Waals surface area contributed by atoms with Crippen LogP contribution < -0.4 is 9.47 Å². The highest BCUT2D eigenvalue weighted by molar-refractivity contribution is 5.96. The second-order valence-electron chi connectivity index (χ2n) is 5.56. The molecule has 0 bridgehead atoms. The molecule has 2 aromatic rings. The fourth-order valence-electron chi connectivity index (χ4n) is 3.40. The molecule has 0 saturated carbocycles. The van der Waals surface area contributed by atoms with Gasteiger partial charge in [0.15, 0.2) is 0 Å². The molecule has 3 rings (SSSR count). The van der Waals surface area contributed by atoms with Gasteiger partial charge in [-0.1, -0.05) is 49.3 Å². The lowest BCUT2D eigenvalue weighted by atomic mass is 9.86. The van der Waals surface area contributed by atoms with Crippen molar-refractivity contribution in [2.45, 2.75) is 32.6 Å². The Labute approximate surface area is 126 Å². The van der Waals surface area contributed by atoms with Crippen molar-refractivity contribution >= 4 is 10.8 Å². The van der Waals surface area contributed by atoms with Gasteiger partial charge in [-0.15, -0.1) is 0 Å². The quantitative estimate of drug-likeness (QED) is 0.758. The molecule has 1 aliphatic rings. The van der Waals surface area contributed by atoms with Gasteiger partial charge in [0.25, 0.3) is 0 Å². The Hall–Kier alpha value is -1.96. The molecule has 2 aromatic carbocycles. The number of ether oxygens (including phenoxy) is 2. The van der Waals surface area contributed by atoms with Crippen LogP contribution >= 0.6 is 0 Å². The zero-order chi connectivity index (χ0) is 14.8. The van der Waals surface area contributed by atoms with Crippen molar-refractivity contribution in [3.63, 3.8) is 0 Å². The third-order valence-corrected chi connectivity index (χ3v) is 4.31. The van der Waals surface area contributed by atoms with Crippen LogP contribution in [-0.4, -0.2) is 14.2 Å². The Morgan fingerprint density at radius 3 is 2.14 bits per heavy atom. The first-order chi connectivity index (χ1) is 10.3. The lowest BCUT2D eigenvalue weighted by Crippen LogP contribution is -2.08. The van der Waals surface area contributed by atoms with Crippen molar-refractivity contribution in [3.8, 4) is 11.5 Å².